The first-order chi connectivity index (χ1) is 11.5. The van der Waals surface area contributed by atoms with E-state index in [1.54, 1.807) is 6.20 Å². The molecule has 0 atom stereocenters. The molecule has 0 bridgehead atoms. The Labute approximate surface area is 142 Å². The predicted octanol–water partition coefficient (Wildman–Crippen LogP) is 2.52. The highest BCUT2D eigenvalue weighted by molar-refractivity contribution is 5.92. The van der Waals surface area contributed by atoms with Crippen molar-refractivity contribution in [1.82, 2.24) is 19.7 Å². The standard InChI is InChI=1S/C17H24N6O/c1-13-5-6-15(16(19-13)21(2)3)20-17(24)22-11-7-14(8-12-22)23-10-4-9-18-23/h4-6,9-10,14H,7-8,11-12H2,1-3H3,(H,20,24). The minimum absolute atomic E-state index is 0.0670. The van der Waals surface area contributed by atoms with E-state index >= 15 is 0 Å². The van der Waals surface area contributed by atoms with Crippen molar-refractivity contribution >= 4 is 17.5 Å². The highest BCUT2D eigenvalue weighted by atomic mass is 16.2. The molecule has 0 aromatic carbocycles. The molecule has 2 aromatic heterocycles. The zero-order valence-corrected chi connectivity index (χ0v) is 14.4. The molecule has 0 saturated carbocycles. The van der Waals surface area contributed by atoms with Crippen molar-refractivity contribution in [3.63, 3.8) is 0 Å². The summed E-state index contributed by atoms with van der Waals surface area (Å²) in [6.07, 6.45) is 5.62. The van der Waals surface area contributed by atoms with Crippen molar-refractivity contribution in [3.8, 4) is 0 Å². The van der Waals surface area contributed by atoms with Crippen LogP contribution < -0.4 is 10.2 Å². The molecule has 2 amide bonds. The number of hydrogen-bond acceptors (Lipinski definition) is 4. The maximum Gasteiger partial charge on any atom is 0.321 e. The first-order valence-corrected chi connectivity index (χ1v) is 8.24. The van der Waals surface area contributed by atoms with Gasteiger partial charge < -0.3 is 15.1 Å². The summed E-state index contributed by atoms with van der Waals surface area (Å²) in [6, 6.07) is 6.07. The fourth-order valence-corrected chi connectivity index (χ4v) is 3.01. The third-order valence-electron chi connectivity index (χ3n) is 4.33. The zero-order valence-electron chi connectivity index (χ0n) is 14.4. The van der Waals surface area contributed by atoms with Crippen LogP contribution in [0.4, 0.5) is 16.3 Å². The Hall–Kier alpha value is -2.57. The van der Waals surface area contributed by atoms with E-state index in [1.807, 2.05) is 59.9 Å². The van der Waals surface area contributed by atoms with Crippen LogP contribution in [0.5, 0.6) is 0 Å². The van der Waals surface area contributed by atoms with Crippen LogP contribution in [-0.4, -0.2) is 52.9 Å². The van der Waals surface area contributed by atoms with Gasteiger partial charge in [-0.05, 0) is 38.0 Å². The van der Waals surface area contributed by atoms with Crippen molar-refractivity contribution in [2.45, 2.75) is 25.8 Å². The normalized spacial score (nSPS) is 15.4. The SMILES string of the molecule is Cc1ccc(NC(=O)N2CCC(n3cccn3)CC2)c(N(C)C)n1. The molecule has 0 aliphatic carbocycles. The summed E-state index contributed by atoms with van der Waals surface area (Å²) in [5, 5.41) is 7.30. The van der Waals surface area contributed by atoms with Crippen molar-refractivity contribution in [3.05, 3.63) is 36.3 Å². The van der Waals surface area contributed by atoms with Crippen LogP contribution in [0.25, 0.3) is 0 Å². The second-order valence-corrected chi connectivity index (χ2v) is 6.35. The molecule has 1 saturated heterocycles. The topological polar surface area (TPSA) is 66.3 Å². The van der Waals surface area contributed by atoms with Gasteiger partial charge in [-0.2, -0.15) is 5.10 Å². The lowest BCUT2D eigenvalue weighted by Crippen LogP contribution is -2.41. The van der Waals surface area contributed by atoms with E-state index in [2.05, 4.69) is 15.4 Å². The Morgan fingerprint density at radius 2 is 2.04 bits per heavy atom. The molecule has 1 aliphatic heterocycles. The number of urea groups is 1. The van der Waals surface area contributed by atoms with Gasteiger partial charge in [-0.1, -0.05) is 0 Å². The van der Waals surface area contributed by atoms with Crippen molar-refractivity contribution in [2.75, 3.05) is 37.4 Å². The first-order valence-electron chi connectivity index (χ1n) is 8.24. The lowest BCUT2D eigenvalue weighted by atomic mass is 10.1. The summed E-state index contributed by atoms with van der Waals surface area (Å²) in [5.41, 5.74) is 1.67. The number of aromatic nitrogens is 3. The van der Waals surface area contributed by atoms with E-state index < -0.39 is 0 Å². The average Bonchev–Trinajstić information content (AvgIpc) is 3.11. The number of aryl methyl sites for hydroxylation is 1. The summed E-state index contributed by atoms with van der Waals surface area (Å²) in [4.78, 5) is 20.8. The number of anilines is 2. The largest absolute Gasteiger partial charge is 0.361 e. The molecule has 3 rings (SSSR count). The number of nitrogens with one attached hydrogen (secondary N) is 1. The van der Waals surface area contributed by atoms with E-state index in [-0.39, 0.29) is 6.03 Å². The highest BCUT2D eigenvalue weighted by Gasteiger charge is 2.24. The number of rotatable bonds is 3. The zero-order chi connectivity index (χ0) is 17.1. The summed E-state index contributed by atoms with van der Waals surface area (Å²) in [6.45, 7) is 3.40. The van der Waals surface area contributed by atoms with Gasteiger partial charge in [-0.3, -0.25) is 4.68 Å². The van der Waals surface area contributed by atoms with Crippen LogP contribution in [0, 0.1) is 6.92 Å². The molecule has 0 unspecified atom stereocenters. The van der Waals surface area contributed by atoms with Crippen molar-refractivity contribution in [1.29, 1.82) is 0 Å². The number of carbonyl (C=O) groups excluding carboxylic acids is 1. The van der Waals surface area contributed by atoms with E-state index in [0.29, 0.717) is 6.04 Å². The Bertz CT molecular complexity index is 689. The molecular weight excluding hydrogens is 304 g/mol. The number of carbonyl (C=O) groups is 1. The monoisotopic (exact) mass is 328 g/mol. The van der Waals surface area contributed by atoms with Crippen LogP contribution in [0.2, 0.25) is 0 Å². The van der Waals surface area contributed by atoms with E-state index in [9.17, 15) is 4.79 Å². The number of likely N-dealkylation sites (tertiary alicyclic amines) is 1. The molecule has 24 heavy (non-hydrogen) atoms. The number of pyridine rings is 1. The van der Waals surface area contributed by atoms with Crippen LogP contribution >= 0.6 is 0 Å². The van der Waals surface area contributed by atoms with E-state index in [1.165, 1.54) is 0 Å². The Morgan fingerprint density at radius 1 is 1.29 bits per heavy atom. The summed E-state index contributed by atoms with van der Waals surface area (Å²) in [5.74, 6) is 0.773. The average molecular weight is 328 g/mol. The Morgan fingerprint density at radius 3 is 2.67 bits per heavy atom. The number of amides is 2. The molecule has 128 valence electrons. The lowest BCUT2D eigenvalue weighted by molar-refractivity contribution is 0.180. The second kappa shape index (κ2) is 6.90. The summed E-state index contributed by atoms with van der Waals surface area (Å²) < 4.78 is 1.99. The molecule has 7 heteroatoms. The van der Waals surface area contributed by atoms with Gasteiger partial charge in [0.2, 0.25) is 0 Å². The second-order valence-electron chi connectivity index (χ2n) is 6.35. The summed E-state index contributed by atoms with van der Waals surface area (Å²) >= 11 is 0. The van der Waals surface area contributed by atoms with Gasteiger partial charge in [0, 0.05) is 45.3 Å². The maximum atomic E-state index is 12.6. The molecule has 0 spiro atoms. The van der Waals surface area contributed by atoms with Gasteiger partial charge in [0.25, 0.3) is 0 Å². The maximum absolute atomic E-state index is 12.6. The van der Waals surface area contributed by atoms with Gasteiger partial charge in [0.1, 0.15) is 0 Å². The smallest absolute Gasteiger partial charge is 0.321 e. The van der Waals surface area contributed by atoms with E-state index in [0.717, 1.165) is 43.1 Å². The Kier molecular flexibility index (Phi) is 4.69. The first kappa shape index (κ1) is 16.3. The fraction of sp³-hybridized carbons (Fsp3) is 0.471. The number of nitrogens with zero attached hydrogens (tertiary/aromatic N) is 5. The molecule has 1 N–H and O–H groups in total. The molecule has 0 radical (unpaired) electrons. The van der Waals surface area contributed by atoms with Gasteiger partial charge in [-0.15, -0.1) is 0 Å². The van der Waals surface area contributed by atoms with Gasteiger partial charge in [-0.25, -0.2) is 9.78 Å². The molecule has 1 fully saturated rings. The molecular formula is C17H24N6O. The number of piperidine rings is 1. The third-order valence-corrected chi connectivity index (χ3v) is 4.33. The molecule has 2 aromatic rings. The molecule has 1 aliphatic rings. The minimum Gasteiger partial charge on any atom is -0.361 e. The fourth-order valence-electron chi connectivity index (χ4n) is 3.01. The van der Waals surface area contributed by atoms with Gasteiger partial charge >= 0.3 is 6.03 Å². The van der Waals surface area contributed by atoms with Crippen molar-refractivity contribution < 1.29 is 4.79 Å². The Balaban J connectivity index is 1.62. The van der Waals surface area contributed by atoms with Crippen LogP contribution in [0.1, 0.15) is 24.6 Å². The number of hydrogen-bond donors (Lipinski definition) is 1. The lowest BCUT2D eigenvalue weighted by Gasteiger charge is -2.32. The minimum atomic E-state index is -0.0670. The van der Waals surface area contributed by atoms with Crippen LogP contribution in [0.3, 0.4) is 0 Å². The predicted molar refractivity (Wildman–Crippen MR) is 94.4 cm³/mol. The quantitative estimate of drug-likeness (QED) is 0.940. The molecule has 3 heterocycles. The van der Waals surface area contributed by atoms with E-state index in [4.69, 9.17) is 0 Å². The van der Waals surface area contributed by atoms with Crippen molar-refractivity contribution in [2.24, 2.45) is 0 Å². The summed E-state index contributed by atoms with van der Waals surface area (Å²) in [7, 11) is 3.85. The third kappa shape index (κ3) is 3.50. The van der Waals surface area contributed by atoms with Crippen LogP contribution in [-0.2, 0) is 0 Å². The highest BCUT2D eigenvalue weighted by Crippen LogP contribution is 2.25. The molecule has 7 nitrogen and oxygen atoms in total. The van der Waals surface area contributed by atoms with Crippen LogP contribution in [0.15, 0.2) is 30.6 Å². The van der Waals surface area contributed by atoms with Gasteiger partial charge in [0.15, 0.2) is 5.82 Å². The van der Waals surface area contributed by atoms with Gasteiger partial charge in [0.05, 0.1) is 11.7 Å².